The lowest BCUT2D eigenvalue weighted by Gasteiger charge is -1.95. The first-order valence-corrected chi connectivity index (χ1v) is 5.79. The van der Waals surface area contributed by atoms with Gasteiger partial charge in [-0.15, -0.1) is 0 Å². The van der Waals surface area contributed by atoms with Gasteiger partial charge < -0.3 is 4.42 Å². The van der Waals surface area contributed by atoms with Crippen LogP contribution in [0, 0.1) is 0 Å². The zero-order chi connectivity index (χ0) is 12.1. The number of benzene rings is 2. The third kappa shape index (κ3) is 1.27. The molecule has 0 aliphatic heterocycles. The monoisotopic (exact) mass is 229 g/mol. The summed E-state index contributed by atoms with van der Waals surface area (Å²) in [5, 5.41) is 3.20. The quantitative estimate of drug-likeness (QED) is 0.433. The second-order valence-electron chi connectivity index (χ2n) is 4.39. The van der Waals surface area contributed by atoms with Gasteiger partial charge in [0, 0.05) is 16.2 Å². The standard InChI is InChI=1S/C15H8BNO/c16-10-5-6-11-12-7-9-3-1-2-4-13(9)17-15(12)18-14(11)8-10/h1-8H. The van der Waals surface area contributed by atoms with Crippen molar-refractivity contribution in [2.75, 3.05) is 0 Å². The molecular formula is C15H8BNO. The van der Waals surface area contributed by atoms with E-state index in [0.717, 1.165) is 27.3 Å². The number of hydrogen-bond donors (Lipinski definition) is 0. The summed E-state index contributed by atoms with van der Waals surface area (Å²) in [6.07, 6.45) is 0. The normalized spacial score (nSPS) is 11.6. The Bertz CT molecular complexity index is 895. The van der Waals surface area contributed by atoms with Crippen LogP contribution in [0.5, 0.6) is 0 Å². The number of para-hydroxylation sites is 1. The van der Waals surface area contributed by atoms with Crippen LogP contribution in [0.3, 0.4) is 0 Å². The molecule has 0 saturated carbocycles. The van der Waals surface area contributed by atoms with E-state index in [0.29, 0.717) is 11.2 Å². The fraction of sp³-hybridized carbons (Fsp3) is 0. The SMILES string of the molecule is [B]c1ccc2c(c1)oc1nc3ccccc3cc12. The molecule has 0 amide bonds. The molecule has 0 spiro atoms. The highest BCUT2D eigenvalue weighted by atomic mass is 16.3. The zero-order valence-electron chi connectivity index (χ0n) is 9.55. The largest absolute Gasteiger partial charge is 0.438 e. The minimum atomic E-state index is 0.661. The summed E-state index contributed by atoms with van der Waals surface area (Å²) in [7, 11) is 5.77. The van der Waals surface area contributed by atoms with E-state index in [1.165, 1.54) is 0 Å². The molecule has 2 aromatic heterocycles. The fourth-order valence-electron chi connectivity index (χ4n) is 2.32. The van der Waals surface area contributed by atoms with Gasteiger partial charge in [0.1, 0.15) is 13.4 Å². The summed E-state index contributed by atoms with van der Waals surface area (Å²) >= 11 is 0. The topological polar surface area (TPSA) is 26.0 Å². The molecule has 0 saturated heterocycles. The van der Waals surface area contributed by atoms with Gasteiger partial charge in [0.25, 0.3) is 0 Å². The molecule has 2 nitrogen and oxygen atoms in total. The lowest BCUT2D eigenvalue weighted by Crippen LogP contribution is -1.98. The molecular weight excluding hydrogens is 221 g/mol. The Balaban J connectivity index is 2.23. The van der Waals surface area contributed by atoms with Crippen LogP contribution in [-0.2, 0) is 0 Å². The number of fused-ring (bicyclic) bond motifs is 4. The van der Waals surface area contributed by atoms with E-state index in [-0.39, 0.29) is 0 Å². The van der Waals surface area contributed by atoms with Crippen molar-refractivity contribution in [2.24, 2.45) is 0 Å². The number of pyridine rings is 1. The summed E-state index contributed by atoms with van der Waals surface area (Å²) < 4.78 is 5.75. The highest BCUT2D eigenvalue weighted by molar-refractivity contribution is 6.33. The Labute approximate surface area is 105 Å². The average molecular weight is 229 g/mol. The average Bonchev–Trinajstić information content (AvgIpc) is 2.72. The molecule has 2 radical (unpaired) electrons. The van der Waals surface area contributed by atoms with E-state index < -0.39 is 0 Å². The molecule has 0 bridgehead atoms. The van der Waals surface area contributed by atoms with E-state index in [4.69, 9.17) is 12.3 Å². The van der Waals surface area contributed by atoms with Gasteiger partial charge in [0.15, 0.2) is 0 Å². The van der Waals surface area contributed by atoms with Crippen molar-refractivity contribution >= 4 is 46.3 Å². The molecule has 0 aliphatic rings. The van der Waals surface area contributed by atoms with E-state index in [2.05, 4.69) is 17.1 Å². The molecule has 0 aliphatic carbocycles. The summed E-state index contributed by atoms with van der Waals surface area (Å²) in [5.74, 6) is 0. The smallest absolute Gasteiger partial charge is 0.227 e. The second-order valence-corrected chi connectivity index (χ2v) is 4.39. The number of furan rings is 1. The second kappa shape index (κ2) is 3.36. The van der Waals surface area contributed by atoms with Crippen molar-refractivity contribution in [3.63, 3.8) is 0 Å². The van der Waals surface area contributed by atoms with Crippen molar-refractivity contribution in [3.05, 3.63) is 48.5 Å². The molecule has 0 fully saturated rings. The van der Waals surface area contributed by atoms with E-state index in [1.54, 1.807) is 0 Å². The highest BCUT2D eigenvalue weighted by Crippen LogP contribution is 2.29. The van der Waals surface area contributed by atoms with Gasteiger partial charge in [-0.3, -0.25) is 0 Å². The van der Waals surface area contributed by atoms with Gasteiger partial charge in [-0.1, -0.05) is 35.8 Å². The molecule has 2 aromatic carbocycles. The number of nitrogens with zero attached hydrogens (tertiary/aromatic N) is 1. The third-order valence-corrected chi connectivity index (χ3v) is 3.19. The van der Waals surface area contributed by atoms with Gasteiger partial charge >= 0.3 is 0 Å². The first kappa shape index (κ1) is 9.72. The molecule has 0 N–H and O–H groups in total. The van der Waals surface area contributed by atoms with E-state index >= 15 is 0 Å². The maximum Gasteiger partial charge on any atom is 0.227 e. The van der Waals surface area contributed by atoms with Crippen molar-refractivity contribution in [1.82, 2.24) is 4.98 Å². The predicted molar refractivity (Wildman–Crippen MR) is 74.4 cm³/mol. The Morgan fingerprint density at radius 3 is 2.78 bits per heavy atom. The third-order valence-electron chi connectivity index (χ3n) is 3.19. The van der Waals surface area contributed by atoms with E-state index in [1.807, 2.05) is 36.4 Å². The lowest BCUT2D eigenvalue weighted by molar-refractivity contribution is 0.656. The number of rotatable bonds is 0. The first-order chi connectivity index (χ1) is 8.81. The summed E-state index contributed by atoms with van der Waals surface area (Å²) in [4.78, 5) is 4.54. The van der Waals surface area contributed by atoms with Gasteiger partial charge in [-0.2, -0.15) is 0 Å². The molecule has 18 heavy (non-hydrogen) atoms. The maximum atomic E-state index is 5.77. The van der Waals surface area contributed by atoms with Crippen LogP contribution in [0.25, 0.3) is 33.0 Å². The molecule has 82 valence electrons. The van der Waals surface area contributed by atoms with Crippen LogP contribution in [-0.4, -0.2) is 12.8 Å². The Morgan fingerprint density at radius 1 is 0.944 bits per heavy atom. The van der Waals surface area contributed by atoms with Gasteiger partial charge in [0.2, 0.25) is 5.71 Å². The summed E-state index contributed by atoms with van der Waals surface area (Å²) in [6.45, 7) is 0. The minimum Gasteiger partial charge on any atom is -0.438 e. The van der Waals surface area contributed by atoms with Crippen LogP contribution in [0.2, 0.25) is 0 Å². The van der Waals surface area contributed by atoms with Crippen molar-refractivity contribution in [1.29, 1.82) is 0 Å². The molecule has 0 unspecified atom stereocenters. The van der Waals surface area contributed by atoms with Crippen LogP contribution >= 0.6 is 0 Å². The minimum absolute atomic E-state index is 0.661. The molecule has 0 atom stereocenters. The number of hydrogen-bond acceptors (Lipinski definition) is 2. The van der Waals surface area contributed by atoms with Crippen LogP contribution in [0.4, 0.5) is 0 Å². The van der Waals surface area contributed by atoms with Crippen molar-refractivity contribution in [2.45, 2.75) is 0 Å². The van der Waals surface area contributed by atoms with E-state index in [9.17, 15) is 0 Å². The zero-order valence-corrected chi connectivity index (χ0v) is 9.55. The first-order valence-electron chi connectivity index (χ1n) is 5.79. The summed E-state index contributed by atoms with van der Waals surface area (Å²) in [6, 6.07) is 15.8. The van der Waals surface area contributed by atoms with Crippen LogP contribution in [0.1, 0.15) is 0 Å². The lowest BCUT2D eigenvalue weighted by atomic mass is 9.95. The molecule has 3 heteroatoms. The van der Waals surface area contributed by atoms with Crippen LogP contribution < -0.4 is 5.46 Å². The van der Waals surface area contributed by atoms with Crippen molar-refractivity contribution < 1.29 is 4.42 Å². The fourth-order valence-corrected chi connectivity index (χ4v) is 2.32. The molecule has 2 heterocycles. The number of aromatic nitrogens is 1. The maximum absolute atomic E-state index is 5.77. The Hall–Kier alpha value is -2.29. The Kier molecular flexibility index (Phi) is 1.81. The van der Waals surface area contributed by atoms with Gasteiger partial charge in [-0.25, -0.2) is 4.98 Å². The highest BCUT2D eigenvalue weighted by Gasteiger charge is 2.09. The summed E-state index contributed by atoms with van der Waals surface area (Å²) in [5.41, 5.74) is 3.09. The van der Waals surface area contributed by atoms with Gasteiger partial charge in [-0.05, 0) is 18.2 Å². The molecule has 4 aromatic rings. The predicted octanol–water partition coefficient (Wildman–Crippen LogP) is 2.93. The Morgan fingerprint density at radius 2 is 1.83 bits per heavy atom. The van der Waals surface area contributed by atoms with Crippen molar-refractivity contribution in [3.8, 4) is 0 Å². The van der Waals surface area contributed by atoms with Crippen LogP contribution in [0.15, 0.2) is 52.9 Å². The molecule has 4 rings (SSSR count). The van der Waals surface area contributed by atoms with Gasteiger partial charge in [0.05, 0.1) is 5.52 Å².